The highest BCUT2D eigenvalue weighted by atomic mass is 16.3. The number of rotatable bonds is 4. The molecule has 0 aromatic carbocycles. The lowest BCUT2D eigenvalue weighted by Crippen LogP contribution is -2.34. The Kier molecular flexibility index (Phi) is 3.68. The van der Waals surface area contributed by atoms with Crippen LogP contribution in [0.1, 0.15) is 37.1 Å². The average molecular weight is 251 g/mol. The fourth-order valence-electron chi connectivity index (χ4n) is 2.40. The average Bonchev–Trinajstić information content (AvgIpc) is 2.77. The third-order valence-electron chi connectivity index (χ3n) is 3.51. The molecule has 1 saturated carbocycles. The first-order valence-electron chi connectivity index (χ1n) is 6.32. The van der Waals surface area contributed by atoms with Crippen molar-refractivity contribution in [2.75, 3.05) is 17.3 Å². The van der Waals surface area contributed by atoms with E-state index < -0.39 is 5.60 Å². The molecule has 0 aliphatic heterocycles. The van der Waals surface area contributed by atoms with Crippen molar-refractivity contribution in [1.29, 1.82) is 0 Å². The van der Waals surface area contributed by atoms with Crippen LogP contribution in [0.25, 0.3) is 0 Å². The van der Waals surface area contributed by atoms with Crippen molar-refractivity contribution in [2.24, 2.45) is 5.84 Å². The number of aliphatic hydroxyl groups is 1. The van der Waals surface area contributed by atoms with Crippen molar-refractivity contribution in [2.45, 2.75) is 45.1 Å². The minimum absolute atomic E-state index is 0.522. The van der Waals surface area contributed by atoms with Crippen LogP contribution in [-0.2, 0) is 0 Å². The van der Waals surface area contributed by atoms with E-state index in [-0.39, 0.29) is 0 Å². The van der Waals surface area contributed by atoms with Crippen LogP contribution in [0.15, 0.2) is 0 Å². The second-order valence-corrected chi connectivity index (χ2v) is 5.02. The van der Waals surface area contributed by atoms with E-state index in [4.69, 9.17) is 5.84 Å². The molecule has 18 heavy (non-hydrogen) atoms. The zero-order chi connectivity index (χ0) is 13.2. The molecule has 1 aromatic heterocycles. The largest absolute Gasteiger partial charge is 0.388 e. The summed E-state index contributed by atoms with van der Waals surface area (Å²) < 4.78 is 0. The second-order valence-electron chi connectivity index (χ2n) is 5.02. The standard InChI is InChI=1S/C12H21N5O/c1-8-10(15-9(2)16-11(8)17-13)14-7-12(18)5-3-4-6-12/h18H,3-7,13H2,1-2H3,(H2,14,15,16,17). The second kappa shape index (κ2) is 5.07. The highest BCUT2D eigenvalue weighted by Crippen LogP contribution is 2.30. The molecule has 0 spiro atoms. The third kappa shape index (κ3) is 2.70. The van der Waals surface area contributed by atoms with E-state index in [0.717, 1.165) is 37.1 Å². The molecule has 5 N–H and O–H groups in total. The first-order valence-corrected chi connectivity index (χ1v) is 6.32. The normalized spacial score (nSPS) is 17.8. The van der Waals surface area contributed by atoms with E-state index in [1.165, 1.54) is 0 Å². The van der Waals surface area contributed by atoms with Gasteiger partial charge in [-0.3, -0.25) is 0 Å². The molecular weight excluding hydrogens is 230 g/mol. The number of nitrogen functional groups attached to an aromatic ring is 1. The van der Waals surface area contributed by atoms with Gasteiger partial charge in [-0.05, 0) is 26.7 Å². The van der Waals surface area contributed by atoms with E-state index in [2.05, 4.69) is 20.7 Å². The summed E-state index contributed by atoms with van der Waals surface area (Å²) in [7, 11) is 0. The number of anilines is 2. The highest BCUT2D eigenvalue weighted by Gasteiger charge is 2.31. The minimum Gasteiger partial charge on any atom is -0.388 e. The van der Waals surface area contributed by atoms with Gasteiger partial charge in [-0.2, -0.15) is 0 Å². The van der Waals surface area contributed by atoms with Crippen LogP contribution in [-0.4, -0.2) is 27.2 Å². The Labute approximate surface area is 107 Å². The van der Waals surface area contributed by atoms with E-state index in [1.807, 2.05) is 13.8 Å². The summed E-state index contributed by atoms with van der Waals surface area (Å²) in [4.78, 5) is 8.54. The Morgan fingerprint density at radius 1 is 1.22 bits per heavy atom. The Hall–Kier alpha value is -1.40. The lowest BCUT2D eigenvalue weighted by molar-refractivity contribution is 0.0614. The van der Waals surface area contributed by atoms with E-state index in [9.17, 15) is 5.11 Å². The number of nitrogens with two attached hydrogens (primary N) is 1. The molecule has 1 heterocycles. The molecule has 6 nitrogen and oxygen atoms in total. The molecule has 1 fully saturated rings. The van der Waals surface area contributed by atoms with Crippen molar-refractivity contribution in [1.82, 2.24) is 9.97 Å². The van der Waals surface area contributed by atoms with Crippen LogP contribution in [0.3, 0.4) is 0 Å². The van der Waals surface area contributed by atoms with Gasteiger partial charge < -0.3 is 15.8 Å². The summed E-state index contributed by atoms with van der Waals surface area (Å²) in [5.41, 5.74) is 2.83. The van der Waals surface area contributed by atoms with Crippen molar-refractivity contribution < 1.29 is 5.11 Å². The molecule has 0 amide bonds. The molecule has 0 unspecified atom stereocenters. The summed E-state index contributed by atoms with van der Waals surface area (Å²) in [5.74, 6) is 7.41. The molecule has 0 saturated heterocycles. The molecule has 0 bridgehead atoms. The van der Waals surface area contributed by atoms with Gasteiger partial charge in [-0.1, -0.05) is 12.8 Å². The van der Waals surface area contributed by atoms with Crippen LogP contribution < -0.4 is 16.6 Å². The summed E-state index contributed by atoms with van der Waals surface area (Å²) in [6, 6.07) is 0. The maximum absolute atomic E-state index is 10.3. The molecule has 1 aliphatic rings. The van der Waals surface area contributed by atoms with Gasteiger partial charge in [0.2, 0.25) is 0 Å². The number of hydrogen-bond donors (Lipinski definition) is 4. The monoisotopic (exact) mass is 251 g/mol. The molecule has 0 radical (unpaired) electrons. The molecule has 100 valence electrons. The number of hydrogen-bond acceptors (Lipinski definition) is 6. The maximum atomic E-state index is 10.3. The Balaban J connectivity index is 2.11. The Morgan fingerprint density at radius 3 is 2.44 bits per heavy atom. The predicted octanol–water partition coefficient (Wildman–Crippen LogP) is 1.10. The van der Waals surface area contributed by atoms with Crippen molar-refractivity contribution >= 4 is 11.6 Å². The van der Waals surface area contributed by atoms with Crippen LogP contribution in [0.5, 0.6) is 0 Å². The number of nitrogens with zero attached hydrogens (tertiary/aromatic N) is 2. The topological polar surface area (TPSA) is 96.1 Å². The van der Waals surface area contributed by atoms with Crippen LogP contribution in [0.4, 0.5) is 11.6 Å². The van der Waals surface area contributed by atoms with Gasteiger partial charge >= 0.3 is 0 Å². The van der Waals surface area contributed by atoms with Gasteiger partial charge in [0.05, 0.1) is 5.60 Å². The first kappa shape index (κ1) is 13.0. The van der Waals surface area contributed by atoms with Crippen molar-refractivity contribution in [3.63, 3.8) is 0 Å². The molecule has 0 atom stereocenters. The fraction of sp³-hybridized carbons (Fsp3) is 0.667. The van der Waals surface area contributed by atoms with E-state index in [0.29, 0.717) is 18.2 Å². The molecular formula is C12H21N5O. The van der Waals surface area contributed by atoms with Crippen LogP contribution in [0, 0.1) is 13.8 Å². The Morgan fingerprint density at radius 2 is 1.83 bits per heavy atom. The van der Waals surface area contributed by atoms with Gasteiger partial charge in [0.15, 0.2) is 0 Å². The van der Waals surface area contributed by atoms with Gasteiger partial charge in [0, 0.05) is 12.1 Å². The van der Waals surface area contributed by atoms with Crippen LogP contribution in [0.2, 0.25) is 0 Å². The smallest absolute Gasteiger partial charge is 0.148 e. The predicted molar refractivity (Wildman–Crippen MR) is 71.2 cm³/mol. The van der Waals surface area contributed by atoms with Crippen molar-refractivity contribution in [3.8, 4) is 0 Å². The number of hydrazine groups is 1. The quantitative estimate of drug-likeness (QED) is 0.472. The van der Waals surface area contributed by atoms with E-state index >= 15 is 0 Å². The summed E-state index contributed by atoms with van der Waals surface area (Å²) in [5, 5.41) is 13.5. The first-order chi connectivity index (χ1) is 8.54. The maximum Gasteiger partial charge on any atom is 0.148 e. The summed E-state index contributed by atoms with van der Waals surface area (Å²) in [6.07, 6.45) is 3.89. The van der Waals surface area contributed by atoms with Gasteiger partial charge in [0.1, 0.15) is 17.5 Å². The zero-order valence-electron chi connectivity index (χ0n) is 11.0. The van der Waals surface area contributed by atoms with Crippen LogP contribution >= 0.6 is 0 Å². The van der Waals surface area contributed by atoms with Gasteiger partial charge in [-0.15, -0.1) is 0 Å². The lowest BCUT2D eigenvalue weighted by Gasteiger charge is -2.23. The van der Waals surface area contributed by atoms with E-state index in [1.54, 1.807) is 0 Å². The lowest BCUT2D eigenvalue weighted by atomic mass is 10.0. The third-order valence-corrected chi connectivity index (χ3v) is 3.51. The number of aryl methyl sites for hydroxylation is 1. The van der Waals surface area contributed by atoms with Gasteiger partial charge in [-0.25, -0.2) is 15.8 Å². The number of aromatic nitrogens is 2. The molecule has 1 aromatic rings. The summed E-state index contributed by atoms with van der Waals surface area (Å²) >= 11 is 0. The Bertz CT molecular complexity index is 429. The minimum atomic E-state index is -0.596. The number of nitrogens with one attached hydrogen (secondary N) is 2. The SMILES string of the molecule is Cc1nc(NN)c(C)c(NCC2(O)CCCC2)n1. The van der Waals surface area contributed by atoms with Crippen molar-refractivity contribution in [3.05, 3.63) is 11.4 Å². The molecule has 1 aliphatic carbocycles. The van der Waals surface area contributed by atoms with Gasteiger partial charge in [0.25, 0.3) is 0 Å². The fourth-order valence-corrected chi connectivity index (χ4v) is 2.40. The highest BCUT2D eigenvalue weighted by molar-refractivity contribution is 5.56. The summed E-state index contributed by atoms with van der Waals surface area (Å²) in [6.45, 7) is 4.24. The molecule has 2 rings (SSSR count). The zero-order valence-corrected chi connectivity index (χ0v) is 11.0. The molecule has 6 heteroatoms.